The number of benzene rings is 2. The van der Waals surface area contributed by atoms with Crippen molar-refractivity contribution in [2.24, 2.45) is 5.16 Å². The smallest absolute Gasteiger partial charge is 0.146 e. The van der Waals surface area contributed by atoms with Crippen LogP contribution >= 0.6 is 23.2 Å². The van der Waals surface area contributed by atoms with Gasteiger partial charge in [-0.1, -0.05) is 40.5 Å². The minimum Gasteiger partial charge on any atom is -0.456 e. The van der Waals surface area contributed by atoms with Crippen LogP contribution in [0.5, 0.6) is 11.5 Å². The maximum absolute atomic E-state index is 8.73. The zero-order chi connectivity index (χ0) is 13.8. The molecule has 0 radical (unpaired) electrons. The Morgan fingerprint density at radius 2 is 1.84 bits per heavy atom. The summed E-state index contributed by atoms with van der Waals surface area (Å²) in [6.07, 6.45) is 0. The van der Waals surface area contributed by atoms with Gasteiger partial charge in [0.15, 0.2) is 0 Å². The fourth-order valence-electron chi connectivity index (χ4n) is 1.56. The highest BCUT2D eigenvalue weighted by molar-refractivity contribution is 6.34. The lowest BCUT2D eigenvalue weighted by Gasteiger charge is -2.09. The van der Waals surface area contributed by atoms with Crippen molar-refractivity contribution in [3.8, 4) is 11.5 Å². The van der Waals surface area contributed by atoms with E-state index in [9.17, 15) is 0 Å². The van der Waals surface area contributed by atoms with Gasteiger partial charge in [-0.2, -0.15) is 0 Å². The van der Waals surface area contributed by atoms with Crippen LogP contribution in [0.3, 0.4) is 0 Å². The van der Waals surface area contributed by atoms with Gasteiger partial charge in [-0.3, -0.25) is 0 Å². The Morgan fingerprint density at radius 1 is 1.11 bits per heavy atom. The number of rotatable bonds is 3. The van der Waals surface area contributed by atoms with Crippen molar-refractivity contribution in [1.29, 1.82) is 0 Å². The molecule has 2 aromatic rings. The first-order chi connectivity index (χ1) is 9.11. The summed E-state index contributed by atoms with van der Waals surface area (Å²) in [5.41, 5.74) is 1.09. The second-order valence-electron chi connectivity index (χ2n) is 3.86. The van der Waals surface area contributed by atoms with E-state index in [0.29, 0.717) is 32.8 Å². The molecule has 0 aliphatic carbocycles. The van der Waals surface area contributed by atoms with Gasteiger partial charge in [-0.15, -0.1) is 0 Å². The molecule has 0 spiro atoms. The molecule has 0 aliphatic heterocycles. The molecule has 2 rings (SSSR count). The highest BCUT2D eigenvalue weighted by Crippen LogP contribution is 2.31. The molecule has 0 atom stereocenters. The molecule has 0 bridgehead atoms. The van der Waals surface area contributed by atoms with Gasteiger partial charge in [0.25, 0.3) is 0 Å². The van der Waals surface area contributed by atoms with Crippen molar-refractivity contribution in [1.82, 2.24) is 0 Å². The molecule has 0 aliphatic rings. The predicted molar refractivity (Wildman–Crippen MR) is 77.0 cm³/mol. The van der Waals surface area contributed by atoms with Crippen molar-refractivity contribution in [3.05, 3.63) is 58.1 Å². The zero-order valence-electron chi connectivity index (χ0n) is 10.1. The first kappa shape index (κ1) is 13.7. The molecular weight excluding hydrogens is 285 g/mol. The molecule has 5 heteroatoms. The number of halogens is 2. The minimum absolute atomic E-state index is 0.439. The summed E-state index contributed by atoms with van der Waals surface area (Å²) in [4.78, 5) is 0. The number of hydrogen-bond donors (Lipinski definition) is 1. The third kappa shape index (κ3) is 3.19. The summed E-state index contributed by atoms with van der Waals surface area (Å²) in [6, 6.07) is 12.3. The monoisotopic (exact) mass is 295 g/mol. The highest BCUT2D eigenvalue weighted by Gasteiger charge is 2.08. The summed E-state index contributed by atoms with van der Waals surface area (Å²) in [5.74, 6) is 1.12. The average molecular weight is 296 g/mol. The number of hydrogen-bond acceptors (Lipinski definition) is 3. The van der Waals surface area contributed by atoms with Crippen molar-refractivity contribution in [2.45, 2.75) is 6.92 Å². The van der Waals surface area contributed by atoms with Crippen LogP contribution in [0.1, 0.15) is 12.5 Å². The summed E-state index contributed by atoms with van der Waals surface area (Å²) < 4.78 is 5.64. The molecule has 98 valence electrons. The van der Waals surface area contributed by atoms with Gasteiger partial charge in [0.05, 0.1) is 15.8 Å². The summed E-state index contributed by atoms with van der Waals surface area (Å²) in [7, 11) is 0. The molecule has 0 aromatic heterocycles. The molecule has 0 saturated carbocycles. The van der Waals surface area contributed by atoms with E-state index >= 15 is 0 Å². The van der Waals surface area contributed by atoms with E-state index in [0.717, 1.165) is 0 Å². The van der Waals surface area contributed by atoms with Crippen LogP contribution < -0.4 is 4.74 Å². The van der Waals surface area contributed by atoms with Crippen LogP contribution in [-0.4, -0.2) is 10.9 Å². The highest BCUT2D eigenvalue weighted by atomic mass is 35.5. The lowest BCUT2D eigenvalue weighted by Crippen LogP contribution is -1.96. The first-order valence-corrected chi connectivity index (χ1v) is 6.28. The van der Waals surface area contributed by atoms with Gasteiger partial charge in [0.1, 0.15) is 11.5 Å². The summed E-state index contributed by atoms with van der Waals surface area (Å²) in [5, 5.41) is 12.8. The number of para-hydroxylation sites is 1. The topological polar surface area (TPSA) is 41.8 Å². The van der Waals surface area contributed by atoms with Crippen LogP contribution in [0, 0.1) is 0 Å². The molecule has 0 unspecified atom stereocenters. The Kier molecular flexibility index (Phi) is 4.30. The van der Waals surface area contributed by atoms with Crippen molar-refractivity contribution >= 4 is 28.9 Å². The van der Waals surface area contributed by atoms with Crippen LogP contribution in [0.25, 0.3) is 0 Å². The van der Waals surface area contributed by atoms with E-state index < -0.39 is 0 Å². The Labute approximate surface area is 121 Å². The summed E-state index contributed by atoms with van der Waals surface area (Å²) in [6.45, 7) is 1.66. The van der Waals surface area contributed by atoms with Crippen molar-refractivity contribution < 1.29 is 9.94 Å². The number of oxime groups is 1. The lowest BCUT2D eigenvalue weighted by atomic mass is 10.1. The molecule has 1 N–H and O–H groups in total. The Morgan fingerprint density at radius 3 is 2.47 bits per heavy atom. The van der Waals surface area contributed by atoms with Crippen LogP contribution in [0.4, 0.5) is 0 Å². The largest absolute Gasteiger partial charge is 0.456 e. The Balaban J connectivity index is 2.29. The van der Waals surface area contributed by atoms with Gasteiger partial charge in [0.2, 0.25) is 0 Å². The maximum atomic E-state index is 8.73. The van der Waals surface area contributed by atoms with Crippen LogP contribution in [0.15, 0.2) is 47.6 Å². The SMILES string of the molecule is CC(=NO)c1ccc(Oc2ccccc2Cl)cc1Cl. The van der Waals surface area contributed by atoms with Crippen LogP contribution in [0.2, 0.25) is 10.0 Å². The second kappa shape index (κ2) is 5.95. The van der Waals surface area contributed by atoms with E-state index in [1.165, 1.54) is 0 Å². The van der Waals surface area contributed by atoms with Crippen LogP contribution in [-0.2, 0) is 0 Å². The normalized spacial score (nSPS) is 11.4. The first-order valence-electron chi connectivity index (χ1n) is 5.53. The molecule has 0 amide bonds. The molecule has 2 aromatic carbocycles. The van der Waals surface area contributed by atoms with Gasteiger partial charge >= 0.3 is 0 Å². The standard InChI is InChI=1S/C14H11Cl2NO2/c1-9(17-18)11-7-6-10(8-13(11)16)19-14-5-3-2-4-12(14)15/h2-8,18H,1H3. The van der Waals surface area contributed by atoms with E-state index in [4.69, 9.17) is 33.1 Å². The maximum Gasteiger partial charge on any atom is 0.146 e. The van der Waals surface area contributed by atoms with Gasteiger partial charge in [-0.25, -0.2) is 0 Å². The quantitative estimate of drug-likeness (QED) is 0.493. The predicted octanol–water partition coefficient (Wildman–Crippen LogP) is 4.98. The third-order valence-corrected chi connectivity index (χ3v) is 3.17. The molecule has 3 nitrogen and oxygen atoms in total. The Bertz CT molecular complexity index is 627. The lowest BCUT2D eigenvalue weighted by molar-refractivity contribution is 0.319. The fraction of sp³-hybridized carbons (Fsp3) is 0.0714. The third-order valence-electron chi connectivity index (χ3n) is 2.54. The zero-order valence-corrected chi connectivity index (χ0v) is 11.6. The van der Waals surface area contributed by atoms with Gasteiger partial charge in [-0.05, 0) is 31.2 Å². The Hall–Kier alpha value is -1.71. The molecule has 0 heterocycles. The molecule has 0 fully saturated rings. The summed E-state index contributed by atoms with van der Waals surface area (Å²) >= 11 is 12.1. The van der Waals surface area contributed by atoms with E-state index in [1.807, 2.05) is 12.1 Å². The number of ether oxygens (including phenoxy) is 1. The minimum atomic E-state index is 0.439. The van der Waals surface area contributed by atoms with Gasteiger partial charge < -0.3 is 9.94 Å². The van der Waals surface area contributed by atoms with Crippen molar-refractivity contribution in [2.75, 3.05) is 0 Å². The van der Waals surface area contributed by atoms with E-state index in [2.05, 4.69) is 5.16 Å². The van der Waals surface area contributed by atoms with E-state index in [-0.39, 0.29) is 0 Å². The van der Waals surface area contributed by atoms with Gasteiger partial charge in [0, 0.05) is 11.6 Å². The fourth-order valence-corrected chi connectivity index (χ4v) is 2.04. The van der Waals surface area contributed by atoms with Crippen molar-refractivity contribution in [3.63, 3.8) is 0 Å². The average Bonchev–Trinajstić information content (AvgIpc) is 2.41. The molecular formula is C14H11Cl2NO2. The number of nitrogens with zero attached hydrogens (tertiary/aromatic N) is 1. The molecule has 0 saturated heterocycles. The molecule has 19 heavy (non-hydrogen) atoms. The second-order valence-corrected chi connectivity index (χ2v) is 4.67. The van der Waals surface area contributed by atoms with E-state index in [1.54, 1.807) is 37.3 Å².